The molecule has 1 N–H and O–H groups in total. The highest BCUT2D eigenvalue weighted by atomic mass is 35.5. The molecule has 37 heavy (non-hydrogen) atoms. The van der Waals surface area contributed by atoms with Crippen LogP contribution in [0.3, 0.4) is 0 Å². The molecule has 0 spiro atoms. The molecule has 11 heteroatoms. The Bertz CT molecular complexity index is 1180. The van der Waals surface area contributed by atoms with Crippen LogP contribution in [0, 0.1) is 0 Å². The quantitative estimate of drug-likeness (QED) is 0.348. The van der Waals surface area contributed by atoms with Gasteiger partial charge in [0.2, 0.25) is 21.8 Å². The van der Waals surface area contributed by atoms with Crippen LogP contribution in [0.25, 0.3) is 0 Å². The summed E-state index contributed by atoms with van der Waals surface area (Å²) in [5.41, 5.74) is 1.15. The maximum atomic E-state index is 13.4. The van der Waals surface area contributed by atoms with Gasteiger partial charge in [-0.15, -0.1) is 0 Å². The van der Waals surface area contributed by atoms with Crippen molar-refractivity contribution in [2.24, 2.45) is 0 Å². The van der Waals surface area contributed by atoms with Crippen LogP contribution in [0.4, 0.5) is 5.69 Å². The number of carbonyl (C=O) groups excluding carboxylic acids is 2. The topological polar surface area (TPSA) is 96.0 Å². The van der Waals surface area contributed by atoms with E-state index in [1.807, 2.05) is 20.8 Å². The predicted octanol–water partition coefficient (Wildman–Crippen LogP) is 4.88. The molecule has 0 bridgehead atoms. The summed E-state index contributed by atoms with van der Waals surface area (Å²) in [6.45, 7) is 6.53. The highest BCUT2D eigenvalue weighted by Gasteiger charge is 2.29. The SMILES string of the molecule is CCNC(=O)[C@@H](CC)N(Cc1ccc(Cl)c(Cl)c1)C(=O)CCCN(c1ccccc1OCC)S(C)(=O)=O. The number of hydrogen-bond acceptors (Lipinski definition) is 5. The Labute approximate surface area is 229 Å². The first kappa shape index (κ1) is 30.7. The normalized spacial score (nSPS) is 12.1. The van der Waals surface area contributed by atoms with E-state index in [9.17, 15) is 18.0 Å². The first-order valence-electron chi connectivity index (χ1n) is 12.2. The molecule has 0 saturated heterocycles. The number of ether oxygens (including phenoxy) is 1. The van der Waals surface area contributed by atoms with Gasteiger partial charge in [0.1, 0.15) is 11.8 Å². The number of likely N-dealkylation sites (N-methyl/N-ethyl adjacent to an activating group) is 1. The molecule has 204 valence electrons. The molecule has 2 rings (SSSR count). The van der Waals surface area contributed by atoms with Crippen molar-refractivity contribution in [1.82, 2.24) is 10.2 Å². The molecule has 8 nitrogen and oxygen atoms in total. The lowest BCUT2D eigenvalue weighted by atomic mass is 10.1. The van der Waals surface area contributed by atoms with Crippen molar-refractivity contribution in [2.45, 2.75) is 52.6 Å². The summed E-state index contributed by atoms with van der Waals surface area (Å²) in [5, 5.41) is 3.54. The van der Waals surface area contributed by atoms with E-state index in [4.69, 9.17) is 27.9 Å². The average molecular weight is 573 g/mol. The second-order valence-corrected chi connectivity index (χ2v) is 11.1. The number of nitrogens with zero attached hydrogens (tertiary/aromatic N) is 2. The second kappa shape index (κ2) is 14.4. The van der Waals surface area contributed by atoms with Crippen LogP contribution in [0.1, 0.15) is 45.6 Å². The fourth-order valence-corrected chi connectivity index (χ4v) is 5.26. The number of para-hydroxylation sites is 2. The lowest BCUT2D eigenvalue weighted by molar-refractivity contribution is -0.141. The van der Waals surface area contributed by atoms with E-state index in [-0.39, 0.29) is 37.7 Å². The molecule has 0 unspecified atom stereocenters. The Hall–Kier alpha value is -2.49. The highest BCUT2D eigenvalue weighted by Crippen LogP contribution is 2.30. The number of amides is 2. The summed E-state index contributed by atoms with van der Waals surface area (Å²) in [6, 6.07) is 11.3. The van der Waals surface area contributed by atoms with E-state index in [1.165, 1.54) is 9.21 Å². The second-order valence-electron chi connectivity index (χ2n) is 8.43. The third-order valence-electron chi connectivity index (χ3n) is 5.66. The van der Waals surface area contributed by atoms with E-state index in [0.29, 0.717) is 41.1 Å². The number of rotatable bonds is 14. The fourth-order valence-electron chi connectivity index (χ4n) is 3.97. The number of carbonyl (C=O) groups is 2. The number of sulfonamides is 1. The molecule has 0 aliphatic heterocycles. The summed E-state index contributed by atoms with van der Waals surface area (Å²) in [4.78, 5) is 27.7. The van der Waals surface area contributed by atoms with E-state index >= 15 is 0 Å². The van der Waals surface area contributed by atoms with Gasteiger partial charge in [0.15, 0.2) is 0 Å². The highest BCUT2D eigenvalue weighted by molar-refractivity contribution is 7.92. The van der Waals surface area contributed by atoms with Crippen molar-refractivity contribution in [3.63, 3.8) is 0 Å². The van der Waals surface area contributed by atoms with Gasteiger partial charge in [-0.05, 0) is 56.5 Å². The van der Waals surface area contributed by atoms with Gasteiger partial charge in [0.25, 0.3) is 0 Å². The lowest BCUT2D eigenvalue weighted by Gasteiger charge is -2.31. The van der Waals surface area contributed by atoms with E-state index in [0.717, 1.165) is 11.8 Å². The first-order chi connectivity index (χ1) is 17.5. The third-order valence-corrected chi connectivity index (χ3v) is 7.58. The van der Waals surface area contributed by atoms with E-state index in [1.54, 1.807) is 42.5 Å². The first-order valence-corrected chi connectivity index (χ1v) is 14.8. The standard InChI is InChI=1S/C26H35Cl2N3O5S/c1-5-22(26(33)29-6-2)30(18-19-14-15-20(27)21(28)17-19)25(32)13-10-16-31(37(4,34)35)23-11-8-9-12-24(23)36-7-3/h8-9,11-12,14-15,17,22H,5-7,10,13,16,18H2,1-4H3,(H,29,33)/t22-/m1/s1. The molecule has 0 heterocycles. The molecule has 2 aromatic carbocycles. The predicted molar refractivity (Wildman–Crippen MR) is 149 cm³/mol. The summed E-state index contributed by atoms with van der Waals surface area (Å²) in [5.74, 6) is -0.0668. The fraction of sp³-hybridized carbons (Fsp3) is 0.462. The van der Waals surface area contributed by atoms with Crippen LogP contribution in [0.15, 0.2) is 42.5 Å². The van der Waals surface area contributed by atoms with Crippen LogP contribution in [-0.2, 0) is 26.2 Å². The molecule has 0 radical (unpaired) electrons. The number of benzene rings is 2. The molecular weight excluding hydrogens is 537 g/mol. The molecule has 0 fully saturated rings. The number of nitrogens with one attached hydrogen (secondary N) is 1. The molecule has 0 aromatic heterocycles. The third kappa shape index (κ3) is 8.79. The Kier molecular flexibility index (Phi) is 12.0. The zero-order chi connectivity index (χ0) is 27.6. The van der Waals surface area contributed by atoms with Crippen molar-refractivity contribution in [2.75, 3.05) is 30.3 Å². The van der Waals surface area contributed by atoms with Gasteiger partial charge in [-0.1, -0.05) is 48.3 Å². The average Bonchev–Trinajstić information content (AvgIpc) is 2.84. The van der Waals surface area contributed by atoms with Gasteiger partial charge in [-0.25, -0.2) is 8.42 Å². The van der Waals surface area contributed by atoms with Crippen molar-refractivity contribution in [1.29, 1.82) is 0 Å². The number of hydrogen-bond donors (Lipinski definition) is 1. The van der Waals surface area contributed by atoms with Crippen molar-refractivity contribution in [3.8, 4) is 5.75 Å². The van der Waals surface area contributed by atoms with Crippen LogP contribution in [0.5, 0.6) is 5.75 Å². The smallest absolute Gasteiger partial charge is 0.242 e. The minimum Gasteiger partial charge on any atom is -0.492 e. The zero-order valence-electron chi connectivity index (χ0n) is 21.7. The van der Waals surface area contributed by atoms with Crippen LogP contribution >= 0.6 is 23.2 Å². The molecular formula is C26H35Cl2N3O5S. The van der Waals surface area contributed by atoms with Crippen molar-refractivity contribution < 1.29 is 22.7 Å². The van der Waals surface area contributed by atoms with Crippen molar-refractivity contribution >= 4 is 50.7 Å². The lowest BCUT2D eigenvalue weighted by Crippen LogP contribution is -2.49. The van der Waals surface area contributed by atoms with Gasteiger partial charge in [-0.2, -0.15) is 0 Å². The van der Waals surface area contributed by atoms with Gasteiger partial charge in [0.05, 0.1) is 28.6 Å². The largest absolute Gasteiger partial charge is 0.492 e. The number of halogens is 2. The summed E-state index contributed by atoms with van der Waals surface area (Å²) in [6.07, 6.45) is 1.82. The maximum Gasteiger partial charge on any atom is 0.242 e. The molecule has 2 aromatic rings. The Morgan fingerprint density at radius 3 is 2.35 bits per heavy atom. The molecule has 0 aliphatic rings. The van der Waals surface area contributed by atoms with Crippen LogP contribution in [-0.4, -0.2) is 57.1 Å². The monoisotopic (exact) mass is 571 g/mol. The Balaban J connectivity index is 2.26. The van der Waals surface area contributed by atoms with Gasteiger partial charge >= 0.3 is 0 Å². The molecule has 2 amide bonds. The molecule has 1 atom stereocenters. The minimum atomic E-state index is -3.64. The van der Waals surface area contributed by atoms with Crippen molar-refractivity contribution in [3.05, 3.63) is 58.1 Å². The summed E-state index contributed by atoms with van der Waals surface area (Å²) >= 11 is 12.2. The van der Waals surface area contributed by atoms with Gasteiger partial charge in [-0.3, -0.25) is 13.9 Å². The zero-order valence-corrected chi connectivity index (χ0v) is 24.0. The number of anilines is 1. The Morgan fingerprint density at radius 2 is 1.76 bits per heavy atom. The van der Waals surface area contributed by atoms with Gasteiger partial charge in [0, 0.05) is 26.1 Å². The maximum absolute atomic E-state index is 13.4. The van der Waals surface area contributed by atoms with E-state index < -0.39 is 16.1 Å². The van der Waals surface area contributed by atoms with Crippen LogP contribution < -0.4 is 14.4 Å². The van der Waals surface area contributed by atoms with Crippen LogP contribution in [0.2, 0.25) is 10.0 Å². The minimum absolute atomic E-state index is 0.0417. The molecule has 0 saturated carbocycles. The summed E-state index contributed by atoms with van der Waals surface area (Å²) < 4.78 is 32.1. The summed E-state index contributed by atoms with van der Waals surface area (Å²) in [7, 11) is -3.64. The van der Waals surface area contributed by atoms with Gasteiger partial charge < -0.3 is 15.0 Å². The molecule has 0 aliphatic carbocycles. The Morgan fingerprint density at radius 1 is 1.05 bits per heavy atom. The van der Waals surface area contributed by atoms with E-state index in [2.05, 4.69) is 5.32 Å².